The first-order valence-corrected chi connectivity index (χ1v) is 5.28. The number of aryl methyl sites for hydroxylation is 1. The molecule has 2 nitrogen and oxygen atoms in total. The standard InChI is InChI=1S/C10H10BrFO2/c11-4-3-7-1-2-8(10(13)14)5-9(7)6-12/h1-2,5H,3-4,6H2,(H,13,14). The van der Waals surface area contributed by atoms with Crippen LogP contribution in [0.15, 0.2) is 18.2 Å². The second kappa shape index (κ2) is 5.10. The van der Waals surface area contributed by atoms with Crippen molar-refractivity contribution in [2.75, 3.05) is 5.33 Å². The van der Waals surface area contributed by atoms with Crippen molar-refractivity contribution in [2.24, 2.45) is 0 Å². The van der Waals surface area contributed by atoms with Crippen LogP contribution in [0.4, 0.5) is 4.39 Å². The highest BCUT2D eigenvalue weighted by Crippen LogP contribution is 2.15. The molecular formula is C10H10BrFO2. The maximum atomic E-state index is 12.5. The highest BCUT2D eigenvalue weighted by Gasteiger charge is 2.07. The Kier molecular flexibility index (Phi) is 4.07. The molecule has 1 aromatic rings. The highest BCUT2D eigenvalue weighted by molar-refractivity contribution is 9.09. The van der Waals surface area contributed by atoms with Crippen LogP contribution in [-0.2, 0) is 13.1 Å². The zero-order valence-electron chi connectivity index (χ0n) is 7.46. The van der Waals surface area contributed by atoms with Gasteiger partial charge in [-0.15, -0.1) is 0 Å². The summed E-state index contributed by atoms with van der Waals surface area (Å²) in [5, 5.41) is 9.44. The number of aromatic carboxylic acids is 1. The smallest absolute Gasteiger partial charge is 0.335 e. The summed E-state index contributed by atoms with van der Waals surface area (Å²) < 4.78 is 12.5. The summed E-state index contributed by atoms with van der Waals surface area (Å²) in [6.07, 6.45) is 0.707. The SMILES string of the molecule is O=C(O)c1ccc(CCBr)c(CF)c1. The predicted octanol–water partition coefficient (Wildman–Crippen LogP) is 2.79. The zero-order chi connectivity index (χ0) is 10.6. The molecule has 0 aliphatic heterocycles. The van der Waals surface area contributed by atoms with E-state index in [1.54, 1.807) is 6.07 Å². The summed E-state index contributed by atoms with van der Waals surface area (Å²) in [7, 11) is 0. The van der Waals surface area contributed by atoms with Gasteiger partial charge >= 0.3 is 5.97 Å². The largest absolute Gasteiger partial charge is 0.478 e. The quantitative estimate of drug-likeness (QED) is 0.846. The van der Waals surface area contributed by atoms with Gasteiger partial charge in [-0.1, -0.05) is 22.0 Å². The normalized spacial score (nSPS) is 10.1. The van der Waals surface area contributed by atoms with Crippen molar-refractivity contribution in [1.82, 2.24) is 0 Å². The van der Waals surface area contributed by atoms with E-state index in [0.717, 1.165) is 10.9 Å². The van der Waals surface area contributed by atoms with Gasteiger partial charge in [0.05, 0.1) is 5.56 Å². The van der Waals surface area contributed by atoms with Gasteiger partial charge in [-0.25, -0.2) is 9.18 Å². The van der Waals surface area contributed by atoms with E-state index in [1.165, 1.54) is 12.1 Å². The van der Waals surface area contributed by atoms with Crippen LogP contribution in [0.2, 0.25) is 0 Å². The third-order valence-electron chi connectivity index (χ3n) is 1.96. The van der Waals surface area contributed by atoms with Gasteiger partial charge in [-0.05, 0) is 29.7 Å². The fourth-order valence-corrected chi connectivity index (χ4v) is 1.66. The van der Waals surface area contributed by atoms with Gasteiger partial charge in [-0.3, -0.25) is 0 Å². The molecule has 0 fully saturated rings. The van der Waals surface area contributed by atoms with Gasteiger partial charge in [0.15, 0.2) is 0 Å². The molecular weight excluding hydrogens is 251 g/mol. The topological polar surface area (TPSA) is 37.3 Å². The van der Waals surface area contributed by atoms with Gasteiger partial charge in [0.25, 0.3) is 0 Å². The number of carboxylic acids is 1. The van der Waals surface area contributed by atoms with Crippen LogP contribution in [0.3, 0.4) is 0 Å². The lowest BCUT2D eigenvalue weighted by Gasteiger charge is -2.05. The summed E-state index contributed by atoms with van der Waals surface area (Å²) in [5.74, 6) is -1.02. The molecule has 1 N–H and O–H groups in total. The number of carbonyl (C=O) groups is 1. The Bertz CT molecular complexity index is 339. The molecule has 0 unspecified atom stereocenters. The summed E-state index contributed by atoms with van der Waals surface area (Å²) in [5.41, 5.74) is 1.45. The Hall–Kier alpha value is -0.900. The molecule has 0 radical (unpaired) electrons. The molecule has 0 atom stereocenters. The Balaban J connectivity index is 3.04. The average molecular weight is 261 g/mol. The Morgan fingerprint density at radius 2 is 2.14 bits per heavy atom. The number of halogens is 2. The average Bonchev–Trinajstić information content (AvgIpc) is 2.18. The minimum absolute atomic E-state index is 0.135. The first-order chi connectivity index (χ1) is 6.69. The number of benzene rings is 1. The Labute approximate surface area is 89.9 Å². The van der Waals surface area contributed by atoms with Crippen LogP contribution >= 0.6 is 15.9 Å². The number of alkyl halides is 2. The van der Waals surface area contributed by atoms with E-state index >= 15 is 0 Å². The van der Waals surface area contributed by atoms with Crippen LogP contribution in [0.1, 0.15) is 21.5 Å². The van der Waals surface area contributed by atoms with E-state index in [0.29, 0.717) is 12.0 Å². The highest BCUT2D eigenvalue weighted by atomic mass is 79.9. The van der Waals surface area contributed by atoms with Crippen molar-refractivity contribution < 1.29 is 14.3 Å². The lowest BCUT2D eigenvalue weighted by atomic mass is 10.0. The molecule has 4 heteroatoms. The molecule has 0 heterocycles. The Morgan fingerprint density at radius 1 is 1.43 bits per heavy atom. The van der Waals surface area contributed by atoms with Gasteiger partial charge in [-0.2, -0.15) is 0 Å². The number of hydrogen-bond acceptors (Lipinski definition) is 1. The van der Waals surface area contributed by atoms with Crippen molar-refractivity contribution in [2.45, 2.75) is 13.1 Å². The minimum atomic E-state index is -1.02. The van der Waals surface area contributed by atoms with Crippen molar-refractivity contribution in [3.8, 4) is 0 Å². The van der Waals surface area contributed by atoms with Gasteiger partial charge in [0, 0.05) is 5.33 Å². The van der Waals surface area contributed by atoms with Gasteiger partial charge < -0.3 is 5.11 Å². The van der Waals surface area contributed by atoms with E-state index in [-0.39, 0.29) is 5.56 Å². The number of rotatable bonds is 4. The molecule has 0 spiro atoms. The zero-order valence-corrected chi connectivity index (χ0v) is 9.05. The molecule has 0 saturated heterocycles. The van der Waals surface area contributed by atoms with E-state index in [2.05, 4.69) is 15.9 Å². The van der Waals surface area contributed by atoms with Crippen LogP contribution in [0.5, 0.6) is 0 Å². The van der Waals surface area contributed by atoms with Crippen molar-refractivity contribution in [3.63, 3.8) is 0 Å². The van der Waals surface area contributed by atoms with Crippen LogP contribution in [-0.4, -0.2) is 16.4 Å². The summed E-state index contributed by atoms with van der Waals surface area (Å²) in [6.45, 7) is -0.622. The summed E-state index contributed by atoms with van der Waals surface area (Å²) in [4.78, 5) is 10.6. The van der Waals surface area contributed by atoms with E-state index in [4.69, 9.17) is 5.11 Å². The minimum Gasteiger partial charge on any atom is -0.478 e. The molecule has 0 bridgehead atoms. The van der Waals surface area contributed by atoms with Crippen LogP contribution < -0.4 is 0 Å². The maximum Gasteiger partial charge on any atom is 0.335 e. The fraction of sp³-hybridized carbons (Fsp3) is 0.300. The van der Waals surface area contributed by atoms with Crippen molar-refractivity contribution in [3.05, 3.63) is 34.9 Å². The monoisotopic (exact) mass is 260 g/mol. The van der Waals surface area contributed by atoms with E-state index in [9.17, 15) is 9.18 Å². The molecule has 1 aromatic carbocycles. The lowest BCUT2D eigenvalue weighted by Crippen LogP contribution is -2.00. The Morgan fingerprint density at radius 3 is 2.64 bits per heavy atom. The van der Waals surface area contributed by atoms with E-state index in [1.807, 2.05) is 0 Å². The molecule has 76 valence electrons. The second-order valence-corrected chi connectivity index (χ2v) is 3.65. The van der Waals surface area contributed by atoms with Gasteiger partial charge in [0.2, 0.25) is 0 Å². The number of hydrogen-bond donors (Lipinski definition) is 1. The number of carboxylic acid groups (broad SMARTS) is 1. The fourth-order valence-electron chi connectivity index (χ4n) is 1.23. The van der Waals surface area contributed by atoms with Gasteiger partial charge in [0.1, 0.15) is 6.67 Å². The van der Waals surface area contributed by atoms with Crippen LogP contribution in [0, 0.1) is 0 Å². The molecule has 1 rings (SSSR count). The van der Waals surface area contributed by atoms with Crippen molar-refractivity contribution in [1.29, 1.82) is 0 Å². The summed E-state index contributed by atoms with van der Waals surface area (Å²) in [6, 6.07) is 4.56. The van der Waals surface area contributed by atoms with Crippen molar-refractivity contribution >= 4 is 21.9 Å². The first-order valence-electron chi connectivity index (χ1n) is 4.16. The summed E-state index contributed by atoms with van der Waals surface area (Å²) >= 11 is 3.26. The molecule has 0 aliphatic rings. The lowest BCUT2D eigenvalue weighted by molar-refractivity contribution is 0.0696. The molecule has 0 amide bonds. The molecule has 0 saturated carbocycles. The molecule has 0 aromatic heterocycles. The first kappa shape index (κ1) is 11.2. The third kappa shape index (κ3) is 2.54. The molecule has 14 heavy (non-hydrogen) atoms. The van der Waals surface area contributed by atoms with Crippen LogP contribution in [0.25, 0.3) is 0 Å². The predicted molar refractivity (Wildman–Crippen MR) is 55.7 cm³/mol. The third-order valence-corrected chi connectivity index (χ3v) is 2.36. The maximum absolute atomic E-state index is 12.5. The second-order valence-electron chi connectivity index (χ2n) is 2.86. The molecule has 0 aliphatic carbocycles. The van der Waals surface area contributed by atoms with E-state index < -0.39 is 12.6 Å².